The Morgan fingerprint density at radius 1 is 1.21 bits per heavy atom. The van der Waals surface area contributed by atoms with Crippen LogP contribution in [0.1, 0.15) is 30.6 Å². The molecule has 0 radical (unpaired) electrons. The zero-order valence-electron chi connectivity index (χ0n) is 16.0. The largest absolute Gasteiger partial charge is 0.338 e. The molecule has 1 aliphatic rings. The standard InChI is InChI=1S/C21H24N4OS.ClH/c1-21(2)14-24(11-10-18(21)22)20(26)16-13-25(15-7-4-3-5-8-15)23-19(16)17-9-6-12-27-17;/h3-9,12-13,18H,10-11,14,22H2,1-2H3;1H. The number of hydrogen-bond acceptors (Lipinski definition) is 4. The average Bonchev–Trinajstić information content (AvgIpc) is 3.33. The van der Waals surface area contributed by atoms with E-state index in [9.17, 15) is 4.79 Å². The van der Waals surface area contributed by atoms with Crippen LogP contribution in [0.25, 0.3) is 16.3 Å². The number of piperidine rings is 1. The van der Waals surface area contributed by atoms with Gasteiger partial charge in [0.05, 0.1) is 16.1 Å². The van der Waals surface area contributed by atoms with Gasteiger partial charge in [-0.3, -0.25) is 4.79 Å². The molecular weight excluding hydrogens is 392 g/mol. The van der Waals surface area contributed by atoms with Crippen molar-refractivity contribution in [2.45, 2.75) is 26.3 Å². The molecule has 7 heteroatoms. The van der Waals surface area contributed by atoms with Crippen molar-refractivity contribution in [3.8, 4) is 16.3 Å². The third-order valence-electron chi connectivity index (χ3n) is 5.32. The number of rotatable bonds is 3. The average molecular weight is 417 g/mol. The lowest BCUT2D eigenvalue weighted by Gasteiger charge is -2.42. The molecule has 148 valence electrons. The van der Waals surface area contributed by atoms with E-state index in [0.29, 0.717) is 18.7 Å². The molecule has 28 heavy (non-hydrogen) atoms. The third kappa shape index (κ3) is 3.85. The maximum atomic E-state index is 13.4. The number of halogens is 1. The molecule has 1 aromatic carbocycles. The van der Waals surface area contributed by atoms with E-state index in [1.165, 1.54) is 0 Å². The van der Waals surface area contributed by atoms with Crippen molar-refractivity contribution in [3.05, 3.63) is 59.6 Å². The van der Waals surface area contributed by atoms with Crippen LogP contribution in [-0.4, -0.2) is 39.7 Å². The highest BCUT2D eigenvalue weighted by atomic mass is 35.5. The monoisotopic (exact) mass is 416 g/mol. The van der Waals surface area contributed by atoms with Crippen LogP contribution in [-0.2, 0) is 0 Å². The molecule has 1 aliphatic heterocycles. The molecular formula is C21H25ClN4OS. The maximum absolute atomic E-state index is 13.4. The molecule has 1 saturated heterocycles. The van der Waals surface area contributed by atoms with Gasteiger partial charge in [0.25, 0.3) is 5.91 Å². The lowest BCUT2D eigenvalue weighted by Crippen LogP contribution is -2.54. The van der Waals surface area contributed by atoms with Crippen LogP contribution in [0, 0.1) is 5.41 Å². The van der Waals surface area contributed by atoms with Crippen LogP contribution in [0.3, 0.4) is 0 Å². The predicted octanol–water partition coefficient (Wildman–Crippen LogP) is 4.22. The van der Waals surface area contributed by atoms with Gasteiger partial charge in [-0.1, -0.05) is 38.1 Å². The maximum Gasteiger partial charge on any atom is 0.257 e. The number of nitrogens with zero attached hydrogens (tertiary/aromatic N) is 3. The first kappa shape index (κ1) is 20.6. The Balaban J connectivity index is 0.00000225. The number of benzene rings is 1. The van der Waals surface area contributed by atoms with Crippen LogP contribution in [0.15, 0.2) is 54.0 Å². The van der Waals surface area contributed by atoms with Gasteiger partial charge in [-0.15, -0.1) is 23.7 Å². The number of para-hydroxylation sites is 1. The molecule has 0 bridgehead atoms. The van der Waals surface area contributed by atoms with Gasteiger partial charge < -0.3 is 10.6 Å². The first-order valence-electron chi connectivity index (χ1n) is 9.19. The van der Waals surface area contributed by atoms with Crippen LogP contribution >= 0.6 is 23.7 Å². The summed E-state index contributed by atoms with van der Waals surface area (Å²) in [4.78, 5) is 16.3. The lowest BCUT2D eigenvalue weighted by atomic mass is 9.79. The number of carbonyl (C=O) groups is 1. The molecule has 0 saturated carbocycles. The first-order chi connectivity index (χ1) is 13.0. The van der Waals surface area contributed by atoms with Gasteiger partial charge >= 0.3 is 0 Å². The van der Waals surface area contributed by atoms with E-state index in [0.717, 1.165) is 22.7 Å². The van der Waals surface area contributed by atoms with Crippen molar-refractivity contribution < 1.29 is 4.79 Å². The highest BCUT2D eigenvalue weighted by Crippen LogP contribution is 2.32. The second-order valence-corrected chi connectivity index (χ2v) is 8.71. The molecule has 4 rings (SSSR count). The number of hydrogen-bond donors (Lipinski definition) is 1. The van der Waals surface area contributed by atoms with E-state index in [1.807, 2.05) is 58.9 Å². The van der Waals surface area contributed by atoms with Crippen LogP contribution in [0.5, 0.6) is 0 Å². The van der Waals surface area contributed by atoms with E-state index in [-0.39, 0.29) is 29.8 Å². The molecule has 3 aromatic rings. The van der Waals surface area contributed by atoms with Crippen molar-refractivity contribution >= 4 is 29.7 Å². The van der Waals surface area contributed by atoms with Crippen molar-refractivity contribution in [3.63, 3.8) is 0 Å². The Hall–Kier alpha value is -2.15. The smallest absolute Gasteiger partial charge is 0.257 e. The fourth-order valence-corrected chi connectivity index (χ4v) is 4.28. The Morgan fingerprint density at radius 3 is 2.61 bits per heavy atom. The van der Waals surface area contributed by atoms with Gasteiger partial charge in [-0.05, 0) is 35.4 Å². The normalized spacial score (nSPS) is 18.5. The SMILES string of the molecule is CC1(C)CN(C(=O)c2cn(-c3ccccc3)nc2-c2cccs2)CCC1N.Cl. The van der Waals surface area contributed by atoms with Crippen LogP contribution in [0.4, 0.5) is 0 Å². The van der Waals surface area contributed by atoms with Crippen molar-refractivity contribution in [2.24, 2.45) is 11.1 Å². The summed E-state index contributed by atoms with van der Waals surface area (Å²) in [5.74, 6) is 0.0283. The Labute approximate surface area is 175 Å². The van der Waals surface area contributed by atoms with Gasteiger partial charge in [0.15, 0.2) is 0 Å². The summed E-state index contributed by atoms with van der Waals surface area (Å²) >= 11 is 1.60. The molecule has 1 atom stereocenters. The predicted molar refractivity (Wildman–Crippen MR) is 116 cm³/mol. The molecule has 1 amide bonds. The summed E-state index contributed by atoms with van der Waals surface area (Å²) in [5.41, 5.74) is 8.49. The summed E-state index contributed by atoms with van der Waals surface area (Å²) in [7, 11) is 0. The van der Waals surface area contributed by atoms with Gasteiger partial charge in [-0.2, -0.15) is 5.10 Å². The molecule has 1 unspecified atom stereocenters. The van der Waals surface area contributed by atoms with Crippen LogP contribution in [0.2, 0.25) is 0 Å². The van der Waals surface area contributed by atoms with Crippen molar-refractivity contribution in [1.29, 1.82) is 0 Å². The minimum atomic E-state index is -0.0908. The second kappa shape index (κ2) is 8.07. The van der Waals surface area contributed by atoms with Gasteiger partial charge in [0, 0.05) is 25.3 Å². The molecule has 2 N–H and O–H groups in total. The number of carbonyl (C=O) groups excluding carboxylic acids is 1. The molecule has 5 nitrogen and oxygen atoms in total. The number of amides is 1. The molecule has 1 fully saturated rings. The minimum absolute atomic E-state index is 0. The Kier molecular flexibility index (Phi) is 5.93. The number of aromatic nitrogens is 2. The summed E-state index contributed by atoms with van der Waals surface area (Å²) < 4.78 is 1.79. The lowest BCUT2D eigenvalue weighted by molar-refractivity contribution is 0.0533. The van der Waals surface area contributed by atoms with Crippen LogP contribution < -0.4 is 5.73 Å². The van der Waals surface area contributed by atoms with Gasteiger partial charge in [-0.25, -0.2) is 4.68 Å². The number of nitrogens with two attached hydrogens (primary N) is 1. The van der Waals surface area contributed by atoms with E-state index in [4.69, 9.17) is 10.8 Å². The van der Waals surface area contributed by atoms with E-state index in [2.05, 4.69) is 13.8 Å². The van der Waals surface area contributed by atoms with E-state index < -0.39 is 0 Å². The highest BCUT2D eigenvalue weighted by molar-refractivity contribution is 7.13. The number of thiophene rings is 1. The summed E-state index contributed by atoms with van der Waals surface area (Å²) in [6.07, 6.45) is 2.67. The van der Waals surface area contributed by atoms with Crippen molar-refractivity contribution in [1.82, 2.24) is 14.7 Å². The van der Waals surface area contributed by atoms with Gasteiger partial charge in [0.2, 0.25) is 0 Å². The van der Waals surface area contributed by atoms with E-state index >= 15 is 0 Å². The molecule has 0 aliphatic carbocycles. The molecule has 2 aromatic heterocycles. The third-order valence-corrected chi connectivity index (χ3v) is 6.20. The zero-order chi connectivity index (χ0) is 19.0. The second-order valence-electron chi connectivity index (χ2n) is 7.76. The fraction of sp³-hybridized carbons (Fsp3) is 0.333. The summed E-state index contributed by atoms with van der Waals surface area (Å²) in [5, 5.41) is 6.75. The zero-order valence-corrected chi connectivity index (χ0v) is 17.7. The Morgan fingerprint density at radius 2 is 1.96 bits per heavy atom. The minimum Gasteiger partial charge on any atom is -0.338 e. The highest BCUT2D eigenvalue weighted by Gasteiger charge is 2.36. The molecule has 0 spiro atoms. The number of likely N-dealkylation sites (tertiary alicyclic amines) is 1. The van der Waals surface area contributed by atoms with Gasteiger partial charge in [0.1, 0.15) is 5.69 Å². The first-order valence-corrected chi connectivity index (χ1v) is 10.1. The summed E-state index contributed by atoms with van der Waals surface area (Å²) in [6, 6.07) is 14.0. The van der Waals surface area contributed by atoms with Crippen molar-refractivity contribution in [2.75, 3.05) is 13.1 Å². The Bertz CT molecular complexity index is 937. The summed E-state index contributed by atoms with van der Waals surface area (Å²) in [6.45, 7) is 5.60. The topological polar surface area (TPSA) is 64.2 Å². The quantitative estimate of drug-likeness (QED) is 0.695. The molecule has 3 heterocycles. The fourth-order valence-electron chi connectivity index (χ4n) is 3.56. The van der Waals surface area contributed by atoms with E-state index in [1.54, 1.807) is 16.0 Å².